The van der Waals surface area contributed by atoms with Gasteiger partial charge < -0.3 is 15.2 Å². The van der Waals surface area contributed by atoms with E-state index in [1.54, 1.807) is 5.38 Å². The maximum Gasteiger partial charge on any atom is 0.341 e. The molecular formula is C20H20BrNO5S. The number of rotatable bonds is 5. The van der Waals surface area contributed by atoms with E-state index in [9.17, 15) is 19.5 Å². The van der Waals surface area contributed by atoms with E-state index < -0.39 is 23.8 Å². The zero-order chi connectivity index (χ0) is 20.3. The van der Waals surface area contributed by atoms with Gasteiger partial charge in [-0.15, -0.1) is 11.3 Å². The number of hydrogen-bond donors (Lipinski definition) is 2. The molecule has 8 heteroatoms. The highest BCUT2D eigenvalue weighted by Gasteiger charge is 2.36. The number of carboxylic acid groups (broad SMARTS) is 1. The van der Waals surface area contributed by atoms with Crippen molar-refractivity contribution in [1.82, 2.24) is 0 Å². The fourth-order valence-electron chi connectivity index (χ4n) is 3.54. The summed E-state index contributed by atoms with van der Waals surface area (Å²) >= 11 is 4.61. The SMILES string of the molecule is COC(=O)c1c(-c2ccc(Br)cc2)csc1NC(=O)[C@H]1CCCC[C@H]1C(=O)O. The van der Waals surface area contributed by atoms with Crippen molar-refractivity contribution in [2.75, 3.05) is 12.4 Å². The molecule has 1 aliphatic carbocycles. The summed E-state index contributed by atoms with van der Waals surface area (Å²) in [6.07, 6.45) is 2.65. The molecule has 0 spiro atoms. The van der Waals surface area contributed by atoms with Gasteiger partial charge in [-0.25, -0.2) is 4.79 Å². The van der Waals surface area contributed by atoms with Gasteiger partial charge >= 0.3 is 11.9 Å². The summed E-state index contributed by atoms with van der Waals surface area (Å²) in [6, 6.07) is 7.47. The molecule has 1 fully saturated rings. The number of thiophene rings is 1. The first-order valence-electron chi connectivity index (χ1n) is 8.91. The van der Waals surface area contributed by atoms with Crippen LogP contribution in [0, 0.1) is 11.8 Å². The summed E-state index contributed by atoms with van der Waals surface area (Å²) in [4.78, 5) is 36.7. The molecule has 0 saturated heterocycles. The van der Waals surface area contributed by atoms with E-state index in [0.717, 1.165) is 22.9 Å². The number of ether oxygens (including phenoxy) is 1. The van der Waals surface area contributed by atoms with Crippen LogP contribution in [-0.2, 0) is 14.3 Å². The molecule has 0 aliphatic heterocycles. The Kier molecular flexibility index (Phi) is 6.51. The number of benzene rings is 1. The van der Waals surface area contributed by atoms with Crippen LogP contribution in [0.1, 0.15) is 36.0 Å². The van der Waals surface area contributed by atoms with Crippen molar-refractivity contribution in [3.63, 3.8) is 0 Å². The van der Waals surface area contributed by atoms with Gasteiger partial charge in [0.15, 0.2) is 0 Å². The van der Waals surface area contributed by atoms with E-state index in [1.807, 2.05) is 24.3 Å². The zero-order valence-electron chi connectivity index (χ0n) is 15.2. The lowest BCUT2D eigenvalue weighted by Crippen LogP contribution is -2.36. The van der Waals surface area contributed by atoms with Gasteiger partial charge in [-0.05, 0) is 30.5 Å². The van der Waals surface area contributed by atoms with Crippen LogP contribution in [0.4, 0.5) is 5.00 Å². The number of aliphatic carboxylic acids is 1. The first kappa shape index (κ1) is 20.5. The van der Waals surface area contributed by atoms with Crippen LogP contribution in [0.3, 0.4) is 0 Å². The third-order valence-corrected chi connectivity index (χ3v) is 6.42. The Hall–Kier alpha value is -2.19. The first-order valence-corrected chi connectivity index (χ1v) is 10.6. The second kappa shape index (κ2) is 8.87. The minimum Gasteiger partial charge on any atom is -0.481 e. The van der Waals surface area contributed by atoms with E-state index in [1.165, 1.54) is 18.4 Å². The van der Waals surface area contributed by atoms with Crippen molar-refractivity contribution in [2.45, 2.75) is 25.7 Å². The van der Waals surface area contributed by atoms with Crippen LogP contribution in [0.2, 0.25) is 0 Å². The van der Waals surface area contributed by atoms with Crippen LogP contribution in [0.25, 0.3) is 11.1 Å². The molecule has 28 heavy (non-hydrogen) atoms. The average molecular weight is 466 g/mol. The fourth-order valence-corrected chi connectivity index (χ4v) is 4.77. The van der Waals surface area contributed by atoms with Gasteiger partial charge in [0.1, 0.15) is 10.6 Å². The molecule has 1 heterocycles. The Balaban J connectivity index is 1.91. The Labute approximate surface area is 175 Å². The van der Waals surface area contributed by atoms with Crippen LogP contribution in [0.5, 0.6) is 0 Å². The standard InChI is InChI=1S/C20H20BrNO5S/c1-27-20(26)16-15(11-6-8-12(21)9-7-11)10-28-18(16)22-17(23)13-4-2-3-5-14(13)19(24)25/h6-10,13-14H,2-5H2,1H3,(H,22,23)(H,24,25)/t13-,14+/m0/s1. The van der Waals surface area contributed by atoms with Crippen LogP contribution < -0.4 is 5.32 Å². The normalized spacial score (nSPS) is 19.1. The molecule has 0 radical (unpaired) electrons. The van der Waals surface area contributed by atoms with E-state index in [0.29, 0.717) is 23.4 Å². The Morgan fingerprint density at radius 1 is 1.14 bits per heavy atom. The quantitative estimate of drug-likeness (QED) is 0.618. The Morgan fingerprint density at radius 2 is 1.79 bits per heavy atom. The fraction of sp³-hybridized carbons (Fsp3) is 0.350. The summed E-state index contributed by atoms with van der Waals surface area (Å²) in [6.45, 7) is 0. The van der Waals surface area contributed by atoms with Gasteiger partial charge in [0.2, 0.25) is 5.91 Å². The summed E-state index contributed by atoms with van der Waals surface area (Å²) in [5.74, 6) is -3.15. The number of anilines is 1. The summed E-state index contributed by atoms with van der Waals surface area (Å²) in [5.41, 5.74) is 1.77. The zero-order valence-corrected chi connectivity index (χ0v) is 17.6. The lowest BCUT2D eigenvalue weighted by molar-refractivity contribution is -0.147. The van der Waals surface area contributed by atoms with Crippen molar-refractivity contribution < 1.29 is 24.2 Å². The molecule has 2 N–H and O–H groups in total. The summed E-state index contributed by atoms with van der Waals surface area (Å²) in [7, 11) is 1.29. The van der Waals surface area contributed by atoms with Gasteiger partial charge in [0.25, 0.3) is 0 Å². The average Bonchev–Trinajstić information content (AvgIpc) is 3.11. The van der Waals surface area contributed by atoms with Gasteiger partial charge in [0.05, 0.1) is 18.9 Å². The molecule has 2 atom stereocenters. The maximum absolute atomic E-state index is 12.8. The van der Waals surface area contributed by atoms with Crippen molar-refractivity contribution in [1.29, 1.82) is 0 Å². The van der Waals surface area contributed by atoms with Crippen molar-refractivity contribution in [3.05, 3.63) is 39.7 Å². The molecule has 1 aromatic heterocycles. The van der Waals surface area contributed by atoms with Crippen molar-refractivity contribution >= 4 is 50.1 Å². The highest BCUT2D eigenvalue weighted by Crippen LogP contribution is 2.38. The molecular weight excluding hydrogens is 446 g/mol. The minimum absolute atomic E-state index is 0.283. The highest BCUT2D eigenvalue weighted by molar-refractivity contribution is 9.10. The smallest absolute Gasteiger partial charge is 0.341 e. The van der Waals surface area contributed by atoms with Crippen molar-refractivity contribution in [3.8, 4) is 11.1 Å². The topological polar surface area (TPSA) is 92.7 Å². The molecule has 1 amide bonds. The number of hydrogen-bond acceptors (Lipinski definition) is 5. The van der Waals surface area contributed by atoms with E-state index in [4.69, 9.17) is 4.74 Å². The summed E-state index contributed by atoms with van der Waals surface area (Å²) in [5, 5.41) is 14.4. The molecule has 148 valence electrons. The van der Waals surface area contributed by atoms with Crippen LogP contribution in [-0.4, -0.2) is 30.1 Å². The van der Waals surface area contributed by atoms with E-state index in [2.05, 4.69) is 21.2 Å². The number of methoxy groups -OCH3 is 1. The molecule has 2 aromatic rings. The second-order valence-electron chi connectivity index (χ2n) is 6.68. The first-order chi connectivity index (χ1) is 13.4. The van der Waals surface area contributed by atoms with E-state index in [-0.39, 0.29) is 11.5 Å². The molecule has 1 saturated carbocycles. The predicted molar refractivity (Wildman–Crippen MR) is 111 cm³/mol. The largest absolute Gasteiger partial charge is 0.481 e. The maximum atomic E-state index is 12.8. The molecule has 0 bridgehead atoms. The number of amides is 1. The van der Waals surface area contributed by atoms with Gasteiger partial charge in [-0.1, -0.05) is 40.9 Å². The highest BCUT2D eigenvalue weighted by atomic mass is 79.9. The van der Waals surface area contributed by atoms with Crippen LogP contribution >= 0.6 is 27.3 Å². The number of carbonyl (C=O) groups excluding carboxylic acids is 2. The molecule has 0 unspecified atom stereocenters. The summed E-state index contributed by atoms with van der Waals surface area (Å²) < 4.78 is 5.83. The van der Waals surface area contributed by atoms with E-state index >= 15 is 0 Å². The Morgan fingerprint density at radius 3 is 2.39 bits per heavy atom. The van der Waals surface area contributed by atoms with Crippen molar-refractivity contribution in [2.24, 2.45) is 11.8 Å². The van der Waals surface area contributed by atoms with Crippen LogP contribution in [0.15, 0.2) is 34.1 Å². The number of carboxylic acids is 1. The number of esters is 1. The van der Waals surface area contributed by atoms with Gasteiger partial charge in [-0.3, -0.25) is 9.59 Å². The number of carbonyl (C=O) groups is 3. The predicted octanol–water partition coefficient (Wildman–Crippen LogP) is 4.79. The third-order valence-electron chi connectivity index (χ3n) is 4.99. The molecule has 1 aliphatic rings. The minimum atomic E-state index is -0.949. The third kappa shape index (κ3) is 4.28. The Bertz CT molecular complexity index is 893. The number of nitrogens with one attached hydrogen (secondary N) is 1. The monoisotopic (exact) mass is 465 g/mol. The molecule has 3 rings (SSSR count). The molecule has 6 nitrogen and oxygen atoms in total. The number of halogens is 1. The lowest BCUT2D eigenvalue weighted by atomic mass is 9.79. The lowest BCUT2D eigenvalue weighted by Gasteiger charge is -2.27. The molecule has 1 aromatic carbocycles. The second-order valence-corrected chi connectivity index (χ2v) is 8.47. The van der Waals surface area contributed by atoms with Gasteiger partial charge in [-0.2, -0.15) is 0 Å². The van der Waals surface area contributed by atoms with Gasteiger partial charge in [0, 0.05) is 15.4 Å².